The van der Waals surface area contributed by atoms with Crippen LogP contribution in [0.5, 0.6) is 0 Å². The van der Waals surface area contributed by atoms with Crippen LogP contribution in [0.4, 0.5) is 0 Å². The average Bonchev–Trinajstić information content (AvgIpc) is 2.12. The second-order valence-electron chi connectivity index (χ2n) is 3.28. The largest absolute Gasteiger partial charge is 0.480 e. The Morgan fingerprint density at radius 2 is 2.06 bits per heavy atom. The number of nitrogens with one attached hydrogen (secondary N) is 3. The van der Waals surface area contributed by atoms with Crippen molar-refractivity contribution in [1.29, 1.82) is 5.41 Å². The lowest BCUT2D eigenvalue weighted by Crippen LogP contribution is -2.45. The summed E-state index contributed by atoms with van der Waals surface area (Å²) in [5, 5.41) is 29.5. The van der Waals surface area contributed by atoms with E-state index in [0.29, 0.717) is 0 Å². The van der Waals surface area contributed by atoms with Crippen LogP contribution >= 0.6 is 0 Å². The number of carboxylic acids is 1. The minimum atomic E-state index is -1.22. The lowest BCUT2D eigenvalue weighted by atomic mass is 10.1. The van der Waals surface area contributed by atoms with Crippen molar-refractivity contribution in [2.24, 2.45) is 5.73 Å². The molecule has 8 heteroatoms. The maximum absolute atomic E-state index is 10.7. The number of hydrogen-bond acceptors (Lipinski definition) is 4. The highest BCUT2D eigenvalue weighted by Crippen LogP contribution is 1.98. The van der Waals surface area contributed by atoms with E-state index < -0.39 is 24.0 Å². The Bertz CT molecular complexity index is 281. The molecule has 0 saturated carbocycles. The quantitative estimate of drug-likeness (QED) is 0.226. The van der Waals surface area contributed by atoms with Gasteiger partial charge in [-0.25, -0.2) is 4.79 Å². The minimum absolute atomic E-state index is 0.0430. The molecule has 0 aromatic heterocycles. The van der Waals surface area contributed by atoms with Crippen molar-refractivity contribution in [3.8, 4) is 0 Å². The zero-order valence-electron chi connectivity index (χ0n) is 8.86. The van der Waals surface area contributed by atoms with Crippen molar-refractivity contribution < 1.29 is 19.8 Å². The smallest absolute Gasteiger partial charge is 0.326 e. The van der Waals surface area contributed by atoms with E-state index in [0.717, 1.165) is 0 Å². The molecule has 0 bridgehead atoms. The van der Waals surface area contributed by atoms with Gasteiger partial charge in [-0.05, 0) is 0 Å². The molecule has 16 heavy (non-hydrogen) atoms. The van der Waals surface area contributed by atoms with Crippen LogP contribution in [0.3, 0.4) is 0 Å². The monoisotopic (exact) mass is 232 g/mol. The fourth-order valence-electron chi connectivity index (χ4n) is 1.05. The summed E-state index contributed by atoms with van der Waals surface area (Å²) in [4.78, 5) is 21.4. The number of aliphatic hydroxyl groups excluding tert-OH is 1. The highest BCUT2D eigenvalue weighted by atomic mass is 16.4. The van der Waals surface area contributed by atoms with E-state index in [-0.39, 0.29) is 18.9 Å². The van der Waals surface area contributed by atoms with E-state index in [1.807, 2.05) is 0 Å². The van der Waals surface area contributed by atoms with E-state index >= 15 is 0 Å². The molecule has 1 amide bonds. The summed E-state index contributed by atoms with van der Waals surface area (Å²) in [5.41, 5.74) is 4.99. The summed E-state index contributed by atoms with van der Waals surface area (Å²) in [6.45, 7) is 1.15. The number of guanidine groups is 1. The van der Waals surface area contributed by atoms with E-state index in [1.165, 1.54) is 6.92 Å². The molecule has 0 spiro atoms. The molecule has 0 saturated heterocycles. The number of nitrogens with two attached hydrogens (primary N) is 1. The van der Waals surface area contributed by atoms with Crippen LogP contribution in [0.15, 0.2) is 0 Å². The molecule has 0 aliphatic rings. The van der Waals surface area contributed by atoms with Gasteiger partial charge in [0.05, 0.1) is 6.10 Å². The molecule has 0 heterocycles. The Kier molecular flexibility index (Phi) is 5.86. The molecule has 1 unspecified atom stereocenters. The van der Waals surface area contributed by atoms with Crippen LogP contribution in [0, 0.1) is 5.41 Å². The van der Waals surface area contributed by atoms with Gasteiger partial charge in [0.1, 0.15) is 6.04 Å². The van der Waals surface area contributed by atoms with Gasteiger partial charge in [0.2, 0.25) is 5.91 Å². The summed E-state index contributed by atoms with van der Waals surface area (Å²) in [6, 6.07) is -1.15. The molecular weight excluding hydrogens is 216 g/mol. The van der Waals surface area contributed by atoms with E-state index in [4.69, 9.17) is 16.2 Å². The summed E-state index contributed by atoms with van der Waals surface area (Å²) in [7, 11) is 0. The molecule has 0 aromatic carbocycles. The van der Waals surface area contributed by atoms with Crippen LogP contribution in [0.2, 0.25) is 0 Å². The molecule has 0 rings (SSSR count). The summed E-state index contributed by atoms with van der Waals surface area (Å²) in [6.07, 6.45) is -1.17. The second-order valence-corrected chi connectivity index (χ2v) is 3.28. The van der Waals surface area contributed by atoms with Crippen molar-refractivity contribution in [1.82, 2.24) is 10.6 Å². The third-order valence-corrected chi connectivity index (χ3v) is 1.71. The Labute approximate surface area is 92.3 Å². The number of aliphatic hydroxyl groups is 1. The van der Waals surface area contributed by atoms with E-state index in [9.17, 15) is 14.7 Å². The molecule has 0 fully saturated rings. The van der Waals surface area contributed by atoms with Gasteiger partial charge in [-0.2, -0.15) is 0 Å². The fourth-order valence-corrected chi connectivity index (χ4v) is 1.05. The minimum Gasteiger partial charge on any atom is -0.480 e. The summed E-state index contributed by atoms with van der Waals surface area (Å²) < 4.78 is 0. The van der Waals surface area contributed by atoms with Crippen LogP contribution in [0.25, 0.3) is 0 Å². The van der Waals surface area contributed by atoms with Crippen LogP contribution in [-0.4, -0.2) is 46.7 Å². The van der Waals surface area contributed by atoms with Gasteiger partial charge in [-0.3, -0.25) is 10.2 Å². The van der Waals surface area contributed by atoms with Gasteiger partial charge in [-0.15, -0.1) is 0 Å². The lowest BCUT2D eigenvalue weighted by Gasteiger charge is -2.17. The van der Waals surface area contributed by atoms with Crippen LogP contribution in [0.1, 0.15) is 13.3 Å². The molecule has 0 aliphatic heterocycles. The molecule has 0 aromatic rings. The zero-order chi connectivity index (χ0) is 12.7. The van der Waals surface area contributed by atoms with Crippen molar-refractivity contribution >= 4 is 17.8 Å². The Morgan fingerprint density at radius 3 is 2.44 bits per heavy atom. The van der Waals surface area contributed by atoms with Gasteiger partial charge in [-0.1, -0.05) is 0 Å². The normalized spacial score (nSPS) is 13.6. The first-order valence-electron chi connectivity index (χ1n) is 4.58. The number of aliphatic carboxylic acids is 1. The highest BCUT2D eigenvalue weighted by molar-refractivity contribution is 5.82. The van der Waals surface area contributed by atoms with E-state index in [1.54, 1.807) is 0 Å². The molecule has 2 atom stereocenters. The average molecular weight is 232 g/mol. The Morgan fingerprint density at radius 1 is 1.50 bits per heavy atom. The van der Waals surface area contributed by atoms with Crippen LogP contribution < -0.4 is 16.4 Å². The second kappa shape index (κ2) is 6.62. The first-order valence-corrected chi connectivity index (χ1v) is 4.58. The third-order valence-electron chi connectivity index (χ3n) is 1.71. The van der Waals surface area contributed by atoms with Gasteiger partial charge < -0.3 is 26.6 Å². The third kappa shape index (κ3) is 6.60. The number of rotatable bonds is 6. The summed E-state index contributed by atoms with van der Waals surface area (Å²) in [5.74, 6) is -2.03. The topological polar surface area (TPSA) is 149 Å². The van der Waals surface area contributed by atoms with Crippen molar-refractivity contribution in [3.05, 3.63) is 0 Å². The molecule has 0 radical (unpaired) electrons. The first kappa shape index (κ1) is 14.2. The van der Waals surface area contributed by atoms with Crippen molar-refractivity contribution in [2.75, 3.05) is 6.54 Å². The zero-order valence-corrected chi connectivity index (χ0v) is 8.86. The maximum atomic E-state index is 10.7. The maximum Gasteiger partial charge on any atom is 0.326 e. The Hall–Kier alpha value is -1.83. The Balaban J connectivity index is 4.12. The van der Waals surface area contributed by atoms with Gasteiger partial charge in [0.25, 0.3) is 0 Å². The standard InChI is InChI=1S/C8H16N4O4/c1-4(13)12-6(7(15)16)2-5(14)3-11-8(9)10/h5-6,14H,2-3H2,1H3,(H,12,13)(H,15,16)(H4,9,10,11)/t5?,6-/m0/s1. The summed E-state index contributed by atoms with van der Waals surface area (Å²) >= 11 is 0. The van der Waals surface area contributed by atoms with Gasteiger partial charge in [0.15, 0.2) is 5.96 Å². The number of amides is 1. The number of hydrogen-bond donors (Lipinski definition) is 6. The SMILES string of the molecule is CC(=O)N[C@@H](CC(O)CNC(=N)N)C(=O)O. The molecular formula is C8H16N4O4. The predicted molar refractivity (Wildman–Crippen MR) is 55.8 cm³/mol. The number of carbonyl (C=O) groups excluding carboxylic acids is 1. The molecule has 92 valence electrons. The first-order chi connectivity index (χ1) is 7.32. The van der Waals surface area contributed by atoms with Crippen molar-refractivity contribution in [3.63, 3.8) is 0 Å². The fraction of sp³-hybridized carbons (Fsp3) is 0.625. The van der Waals surface area contributed by atoms with Gasteiger partial charge in [0, 0.05) is 19.9 Å². The predicted octanol–water partition coefficient (Wildman–Crippen LogP) is -2.19. The molecule has 0 aliphatic carbocycles. The highest BCUT2D eigenvalue weighted by Gasteiger charge is 2.21. The van der Waals surface area contributed by atoms with Crippen LogP contribution in [-0.2, 0) is 9.59 Å². The molecule has 8 nitrogen and oxygen atoms in total. The number of carboxylic acid groups (broad SMARTS) is 1. The molecule has 7 N–H and O–H groups in total. The van der Waals surface area contributed by atoms with Crippen molar-refractivity contribution in [2.45, 2.75) is 25.5 Å². The lowest BCUT2D eigenvalue weighted by molar-refractivity contribution is -0.142. The van der Waals surface area contributed by atoms with E-state index in [2.05, 4.69) is 10.6 Å². The van der Waals surface area contributed by atoms with Gasteiger partial charge >= 0.3 is 5.97 Å². The number of carbonyl (C=O) groups is 2.